The third-order valence-electron chi connectivity index (χ3n) is 2.19. The van der Waals surface area contributed by atoms with E-state index in [1.54, 1.807) is 6.20 Å². The van der Waals surface area contributed by atoms with Gasteiger partial charge in [-0.25, -0.2) is 4.79 Å². The van der Waals surface area contributed by atoms with Crippen LogP contribution >= 0.6 is 0 Å². The number of rotatable bonds is 4. The van der Waals surface area contributed by atoms with Crippen molar-refractivity contribution in [3.63, 3.8) is 0 Å². The Kier molecular flexibility index (Phi) is 3.14. The molecule has 0 amide bonds. The van der Waals surface area contributed by atoms with Crippen molar-refractivity contribution < 1.29 is 9.53 Å². The highest BCUT2D eigenvalue weighted by Crippen LogP contribution is 2.36. The zero-order chi connectivity index (χ0) is 8.97. The van der Waals surface area contributed by atoms with Crippen LogP contribution in [0.25, 0.3) is 0 Å². The van der Waals surface area contributed by atoms with Crippen LogP contribution in [0.1, 0.15) is 13.3 Å². The van der Waals surface area contributed by atoms with E-state index in [9.17, 15) is 4.79 Å². The number of hydrogen-bond donors (Lipinski definition) is 1. The molecule has 0 saturated heterocycles. The Bertz CT molecular complexity index is 189. The molecule has 0 heterocycles. The zero-order valence-electron chi connectivity index (χ0n) is 7.54. The second-order valence-electron chi connectivity index (χ2n) is 3.24. The van der Waals surface area contributed by atoms with Crippen LogP contribution < -0.4 is 5.32 Å². The molecule has 0 aromatic carbocycles. The van der Waals surface area contributed by atoms with E-state index in [0.29, 0.717) is 0 Å². The van der Waals surface area contributed by atoms with E-state index < -0.39 is 0 Å². The highest BCUT2D eigenvalue weighted by Gasteiger charge is 2.31. The van der Waals surface area contributed by atoms with Crippen LogP contribution in [0, 0.1) is 11.8 Å². The molecule has 1 aliphatic rings. The summed E-state index contributed by atoms with van der Waals surface area (Å²) in [4.78, 5) is 10.6. The predicted molar refractivity (Wildman–Crippen MR) is 46.4 cm³/mol. The van der Waals surface area contributed by atoms with E-state index in [1.165, 1.54) is 19.6 Å². The number of carbonyl (C=O) groups excluding carboxylic acids is 1. The molecule has 1 aliphatic carbocycles. The molecule has 1 saturated carbocycles. The summed E-state index contributed by atoms with van der Waals surface area (Å²) in [5.74, 6) is 1.34. The lowest BCUT2D eigenvalue weighted by molar-refractivity contribution is -0.134. The highest BCUT2D eigenvalue weighted by atomic mass is 16.5. The number of esters is 1. The van der Waals surface area contributed by atoms with Gasteiger partial charge in [0.1, 0.15) is 0 Å². The topological polar surface area (TPSA) is 38.3 Å². The number of methoxy groups -OCH3 is 1. The molecular formula is C9H15NO2. The van der Waals surface area contributed by atoms with Gasteiger partial charge in [-0.3, -0.25) is 0 Å². The predicted octanol–water partition coefficient (Wildman–Crippen LogP) is 0.919. The molecule has 2 unspecified atom stereocenters. The van der Waals surface area contributed by atoms with Gasteiger partial charge in [0.05, 0.1) is 7.11 Å². The van der Waals surface area contributed by atoms with Gasteiger partial charge >= 0.3 is 5.97 Å². The van der Waals surface area contributed by atoms with Gasteiger partial charge < -0.3 is 10.1 Å². The molecular weight excluding hydrogens is 154 g/mol. The summed E-state index contributed by atoms with van der Waals surface area (Å²) in [6.07, 6.45) is 4.35. The molecule has 12 heavy (non-hydrogen) atoms. The Morgan fingerprint density at radius 2 is 2.42 bits per heavy atom. The molecule has 0 radical (unpaired) electrons. The summed E-state index contributed by atoms with van der Waals surface area (Å²) in [6.45, 7) is 3.20. The fourth-order valence-corrected chi connectivity index (χ4v) is 1.10. The van der Waals surface area contributed by atoms with E-state index in [2.05, 4.69) is 17.0 Å². The van der Waals surface area contributed by atoms with Crippen molar-refractivity contribution in [3.8, 4) is 0 Å². The van der Waals surface area contributed by atoms with Crippen LogP contribution in [-0.2, 0) is 9.53 Å². The van der Waals surface area contributed by atoms with Gasteiger partial charge in [-0.15, -0.1) is 0 Å². The van der Waals surface area contributed by atoms with Crippen molar-refractivity contribution >= 4 is 5.97 Å². The number of hydrogen-bond acceptors (Lipinski definition) is 3. The fourth-order valence-electron chi connectivity index (χ4n) is 1.10. The van der Waals surface area contributed by atoms with Crippen LogP contribution in [0.15, 0.2) is 12.3 Å². The van der Waals surface area contributed by atoms with Crippen molar-refractivity contribution in [3.05, 3.63) is 12.3 Å². The summed E-state index contributed by atoms with van der Waals surface area (Å²) >= 11 is 0. The molecule has 1 rings (SSSR count). The monoisotopic (exact) mass is 169 g/mol. The summed E-state index contributed by atoms with van der Waals surface area (Å²) in [5.41, 5.74) is 0. The second kappa shape index (κ2) is 4.14. The summed E-state index contributed by atoms with van der Waals surface area (Å²) in [6, 6.07) is 0. The molecule has 1 fully saturated rings. The maximum Gasteiger partial charge on any atom is 0.331 e. The van der Waals surface area contributed by atoms with Gasteiger partial charge in [0.2, 0.25) is 0 Å². The largest absolute Gasteiger partial charge is 0.466 e. The summed E-state index contributed by atoms with van der Waals surface area (Å²) in [5, 5.41) is 3.06. The van der Waals surface area contributed by atoms with Crippen molar-refractivity contribution in [2.45, 2.75) is 13.3 Å². The Morgan fingerprint density at radius 1 is 1.75 bits per heavy atom. The van der Waals surface area contributed by atoms with Crippen LogP contribution in [0.3, 0.4) is 0 Å². The normalized spacial score (nSPS) is 27.2. The van der Waals surface area contributed by atoms with Gasteiger partial charge in [-0.1, -0.05) is 6.92 Å². The van der Waals surface area contributed by atoms with Crippen LogP contribution in [0.2, 0.25) is 0 Å². The lowest BCUT2D eigenvalue weighted by Crippen LogP contribution is -2.10. The van der Waals surface area contributed by atoms with Crippen molar-refractivity contribution in [1.82, 2.24) is 5.32 Å². The van der Waals surface area contributed by atoms with Crippen LogP contribution in [-0.4, -0.2) is 19.6 Å². The lowest BCUT2D eigenvalue weighted by atomic mass is 10.3. The Labute approximate surface area is 72.8 Å². The third-order valence-corrected chi connectivity index (χ3v) is 2.19. The quantitative estimate of drug-likeness (QED) is 0.502. The van der Waals surface area contributed by atoms with E-state index in [0.717, 1.165) is 18.4 Å². The molecule has 0 aromatic heterocycles. The van der Waals surface area contributed by atoms with E-state index in [4.69, 9.17) is 0 Å². The minimum atomic E-state index is -0.314. The maximum atomic E-state index is 10.6. The standard InChI is InChI=1S/C9H15NO2/c1-7-5-8(7)6-10-4-3-9(11)12-2/h3-4,7-8,10H,5-6H2,1-2H3/b4-3+. The highest BCUT2D eigenvalue weighted by molar-refractivity contribution is 5.81. The van der Waals surface area contributed by atoms with Crippen molar-refractivity contribution in [2.75, 3.05) is 13.7 Å². The second-order valence-corrected chi connectivity index (χ2v) is 3.24. The smallest absolute Gasteiger partial charge is 0.331 e. The number of ether oxygens (including phenoxy) is 1. The average Bonchev–Trinajstić information content (AvgIpc) is 2.75. The number of carbonyl (C=O) groups is 1. The molecule has 1 N–H and O–H groups in total. The van der Waals surface area contributed by atoms with E-state index in [-0.39, 0.29) is 5.97 Å². The molecule has 0 aliphatic heterocycles. The van der Waals surface area contributed by atoms with Gasteiger partial charge in [0.25, 0.3) is 0 Å². The van der Waals surface area contributed by atoms with Crippen molar-refractivity contribution in [1.29, 1.82) is 0 Å². The fraction of sp³-hybridized carbons (Fsp3) is 0.667. The molecule has 0 aromatic rings. The van der Waals surface area contributed by atoms with Crippen molar-refractivity contribution in [2.24, 2.45) is 11.8 Å². The molecule has 2 atom stereocenters. The SMILES string of the molecule is COC(=O)/C=C/NCC1CC1C. The van der Waals surface area contributed by atoms with E-state index >= 15 is 0 Å². The molecule has 3 nitrogen and oxygen atoms in total. The first-order chi connectivity index (χ1) is 5.74. The number of nitrogens with one attached hydrogen (secondary N) is 1. The molecule has 3 heteroatoms. The van der Waals surface area contributed by atoms with Crippen LogP contribution in [0.4, 0.5) is 0 Å². The van der Waals surface area contributed by atoms with Crippen LogP contribution in [0.5, 0.6) is 0 Å². The van der Waals surface area contributed by atoms with Gasteiger partial charge in [0.15, 0.2) is 0 Å². The van der Waals surface area contributed by atoms with E-state index in [1.807, 2.05) is 0 Å². The van der Waals surface area contributed by atoms with Gasteiger partial charge in [-0.05, 0) is 18.3 Å². The minimum absolute atomic E-state index is 0.314. The maximum absolute atomic E-state index is 10.6. The Balaban J connectivity index is 2.01. The first kappa shape index (κ1) is 9.10. The first-order valence-electron chi connectivity index (χ1n) is 4.22. The third kappa shape index (κ3) is 2.95. The molecule has 0 bridgehead atoms. The average molecular weight is 169 g/mol. The zero-order valence-corrected chi connectivity index (χ0v) is 7.54. The molecule has 68 valence electrons. The first-order valence-corrected chi connectivity index (χ1v) is 4.22. The summed E-state index contributed by atoms with van der Waals surface area (Å²) in [7, 11) is 1.37. The Morgan fingerprint density at radius 3 is 2.92 bits per heavy atom. The minimum Gasteiger partial charge on any atom is -0.466 e. The molecule has 0 spiro atoms. The van der Waals surface area contributed by atoms with Gasteiger partial charge in [-0.2, -0.15) is 0 Å². The van der Waals surface area contributed by atoms with Gasteiger partial charge in [0, 0.05) is 18.8 Å². The Hall–Kier alpha value is -0.990. The lowest BCUT2D eigenvalue weighted by Gasteiger charge is -1.96. The summed E-state index contributed by atoms with van der Waals surface area (Å²) < 4.78 is 4.43.